The molecule has 23 heavy (non-hydrogen) atoms. The third kappa shape index (κ3) is 3.74. The van der Waals surface area contributed by atoms with Crippen molar-refractivity contribution in [1.29, 1.82) is 0 Å². The first-order valence-electron chi connectivity index (χ1n) is 7.49. The summed E-state index contributed by atoms with van der Waals surface area (Å²) in [6.45, 7) is 1.83. The Morgan fingerprint density at radius 3 is 2.83 bits per heavy atom. The van der Waals surface area contributed by atoms with Crippen molar-refractivity contribution in [2.24, 2.45) is 0 Å². The van der Waals surface area contributed by atoms with Gasteiger partial charge < -0.3 is 4.74 Å². The Balaban J connectivity index is 1.74. The molecule has 0 radical (unpaired) electrons. The molecule has 0 fully saturated rings. The van der Waals surface area contributed by atoms with E-state index >= 15 is 0 Å². The Bertz CT molecular complexity index is 811. The second kappa shape index (κ2) is 6.87. The number of hydrogen-bond acceptors (Lipinski definition) is 4. The smallest absolute Gasteiger partial charge is 0.279 e. The van der Waals surface area contributed by atoms with E-state index in [0.29, 0.717) is 24.5 Å². The average molecular weight is 329 g/mol. The molecule has 0 unspecified atom stereocenters. The summed E-state index contributed by atoms with van der Waals surface area (Å²) < 4.78 is 20.7. The molecule has 0 bridgehead atoms. The van der Waals surface area contributed by atoms with E-state index in [1.165, 1.54) is 17.4 Å². The molecule has 3 nitrogen and oxygen atoms in total. The molecule has 0 aliphatic heterocycles. The van der Waals surface area contributed by atoms with Gasteiger partial charge in [-0.3, -0.25) is 4.79 Å². The number of ketones is 1. The lowest BCUT2D eigenvalue weighted by molar-refractivity contribution is -0.118. The Kier molecular flexibility index (Phi) is 4.67. The van der Waals surface area contributed by atoms with Crippen LogP contribution in [0.5, 0.6) is 10.9 Å². The molecule has 1 heterocycles. The standard InChI is InChI=1S/C18H16FNO2S/c1-2-13(21)9-7-12-8-10-16(14(19)11-12)22-18-20-15-5-3-4-6-17(15)23-18/h3-6,8,10-11H,2,7,9H2,1H3. The molecule has 0 aliphatic carbocycles. The van der Waals surface area contributed by atoms with Crippen LogP contribution in [0.1, 0.15) is 25.3 Å². The minimum absolute atomic E-state index is 0.148. The number of ether oxygens (including phenoxy) is 1. The van der Waals surface area contributed by atoms with Gasteiger partial charge in [-0.05, 0) is 36.2 Å². The summed E-state index contributed by atoms with van der Waals surface area (Å²) in [4.78, 5) is 15.7. The summed E-state index contributed by atoms with van der Waals surface area (Å²) in [6, 6.07) is 12.5. The molecule has 5 heteroatoms. The molecule has 118 valence electrons. The van der Waals surface area contributed by atoms with Crippen molar-refractivity contribution in [3.05, 3.63) is 53.8 Å². The number of para-hydroxylation sites is 1. The lowest BCUT2D eigenvalue weighted by Gasteiger charge is -2.05. The summed E-state index contributed by atoms with van der Waals surface area (Å²) in [5, 5.41) is 0.416. The van der Waals surface area contributed by atoms with Crippen molar-refractivity contribution in [2.75, 3.05) is 0 Å². The molecule has 0 aliphatic rings. The fourth-order valence-electron chi connectivity index (χ4n) is 2.23. The van der Waals surface area contributed by atoms with Crippen LogP contribution in [0.15, 0.2) is 42.5 Å². The van der Waals surface area contributed by atoms with Crippen LogP contribution in [0, 0.1) is 5.82 Å². The number of benzene rings is 2. The number of halogens is 1. The quantitative estimate of drug-likeness (QED) is 0.628. The van der Waals surface area contributed by atoms with Crippen molar-refractivity contribution in [3.8, 4) is 10.9 Å². The topological polar surface area (TPSA) is 39.2 Å². The maximum Gasteiger partial charge on any atom is 0.279 e. The van der Waals surface area contributed by atoms with Gasteiger partial charge in [0.2, 0.25) is 0 Å². The highest BCUT2D eigenvalue weighted by Gasteiger charge is 2.10. The number of thiazole rings is 1. The zero-order chi connectivity index (χ0) is 16.2. The van der Waals surface area contributed by atoms with Crippen molar-refractivity contribution < 1.29 is 13.9 Å². The van der Waals surface area contributed by atoms with Gasteiger partial charge >= 0.3 is 0 Å². The average Bonchev–Trinajstić information content (AvgIpc) is 2.97. The number of carbonyl (C=O) groups is 1. The number of Topliss-reactive ketones (excluding diaryl/α,β-unsaturated/α-hetero) is 1. The molecule has 0 amide bonds. The van der Waals surface area contributed by atoms with Gasteiger partial charge in [-0.25, -0.2) is 9.37 Å². The van der Waals surface area contributed by atoms with Crippen molar-refractivity contribution in [3.63, 3.8) is 0 Å². The minimum atomic E-state index is -0.439. The monoisotopic (exact) mass is 329 g/mol. The first-order chi connectivity index (χ1) is 11.2. The Morgan fingerprint density at radius 2 is 2.09 bits per heavy atom. The van der Waals surface area contributed by atoms with E-state index in [0.717, 1.165) is 15.8 Å². The molecule has 0 N–H and O–H groups in total. The molecular formula is C18H16FNO2S. The van der Waals surface area contributed by atoms with E-state index in [-0.39, 0.29) is 11.5 Å². The summed E-state index contributed by atoms with van der Waals surface area (Å²) in [6.07, 6.45) is 1.50. The largest absolute Gasteiger partial charge is 0.428 e. The predicted octanol–water partition coefficient (Wildman–Crippen LogP) is 5.14. The van der Waals surface area contributed by atoms with Gasteiger partial charge in [0, 0.05) is 12.8 Å². The van der Waals surface area contributed by atoms with E-state index < -0.39 is 5.82 Å². The van der Waals surface area contributed by atoms with E-state index in [1.807, 2.05) is 31.2 Å². The summed E-state index contributed by atoms with van der Waals surface area (Å²) in [7, 11) is 0. The van der Waals surface area contributed by atoms with Gasteiger partial charge in [-0.2, -0.15) is 0 Å². The zero-order valence-electron chi connectivity index (χ0n) is 12.7. The SMILES string of the molecule is CCC(=O)CCc1ccc(Oc2nc3ccccc3s2)c(F)c1. The first-order valence-corrected chi connectivity index (χ1v) is 8.31. The van der Waals surface area contributed by atoms with Gasteiger partial charge in [-0.15, -0.1) is 0 Å². The third-order valence-corrected chi connectivity index (χ3v) is 4.47. The highest BCUT2D eigenvalue weighted by Crippen LogP contribution is 2.32. The molecule has 0 spiro atoms. The number of aryl methyl sites for hydroxylation is 1. The zero-order valence-corrected chi connectivity index (χ0v) is 13.5. The van der Waals surface area contributed by atoms with Gasteiger partial charge in [0.25, 0.3) is 5.19 Å². The molecule has 2 aromatic carbocycles. The van der Waals surface area contributed by atoms with Gasteiger partial charge in [-0.1, -0.05) is 36.5 Å². The number of hydrogen-bond donors (Lipinski definition) is 0. The van der Waals surface area contributed by atoms with Crippen LogP contribution < -0.4 is 4.74 Å². The van der Waals surface area contributed by atoms with E-state index in [2.05, 4.69) is 4.98 Å². The van der Waals surface area contributed by atoms with E-state index in [1.54, 1.807) is 12.1 Å². The number of aromatic nitrogens is 1. The summed E-state index contributed by atoms with van der Waals surface area (Å²) in [5.74, 6) is -0.111. The second-order valence-corrected chi connectivity index (χ2v) is 6.20. The van der Waals surface area contributed by atoms with Crippen molar-refractivity contribution >= 4 is 27.3 Å². The molecule has 0 saturated carbocycles. The molecule has 3 rings (SSSR count). The number of nitrogens with zero attached hydrogens (tertiary/aromatic N) is 1. The van der Waals surface area contributed by atoms with E-state index in [4.69, 9.17) is 4.74 Å². The van der Waals surface area contributed by atoms with Crippen LogP contribution in [0.25, 0.3) is 10.2 Å². The summed E-state index contributed by atoms with van der Waals surface area (Å²) in [5.41, 5.74) is 1.63. The predicted molar refractivity (Wildman–Crippen MR) is 89.7 cm³/mol. The second-order valence-electron chi connectivity index (χ2n) is 5.21. The molecule has 0 atom stereocenters. The molecular weight excluding hydrogens is 313 g/mol. The highest BCUT2D eigenvalue weighted by molar-refractivity contribution is 7.20. The first kappa shape index (κ1) is 15.6. The fourth-order valence-corrected chi connectivity index (χ4v) is 3.06. The Labute approximate surface area is 137 Å². The number of carbonyl (C=O) groups excluding carboxylic acids is 1. The van der Waals surface area contributed by atoms with Gasteiger partial charge in [0.15, 0.2) is 11.6 Å². The lowest BCUT2D eigenvalue weighted by atomic mass is 10.1. The molecule has 3 aromatic rings. The van der Waals surface area contributed by atoms with E-state index in [9.17, 15) is 9.18 Å². The highest BCUT2D eigenvalue weighted by atomic mass is 32.1. The van der Waals surface area contributed by atoms with Gasteiger partial charge in [0.05, 0.1) is 10.2 Å². The lowest BCUT2D eigenvalue weighted by Crippen LogP contribution is -1.98. The van der Waals surface area contributed by atoms with Crippen molar-refractivity contribution in [2.45, 2.75) is 26.2 Å². The fraction of sp³-hybridized carbons (Fsp3) is 0.222. The van der Waals surface area contributed by atoms with Gasteiger partial charge in [0.1, 0.15) is 5.78 Å². The normalized spacial score (nSPS) is 10.9. The summed E-state index contributed by atoms with van der Waals surface area (Å²) >= 11 is 1.38. The van der Waals surface area contributed by atoms with Crippen molar-refractivity contribution in [1.82, 2.24) is 4.98 Å². The molecule has 0 saturated heterocycles. The Morgan fingerprint density at radius 1 is 1.26 bits per heavy atom. The molecule has 1 aromatic heterocycles. The third-order valence-electron chi connectivity index (χ3n) is 3.55. The van der Waals surface area contributed by atoms with Crippen LogP contribution in [-0.4, -0.2) is 10.8 Å². The number of rotatable bonds is 6. The van der Waals surface area contributed by atoms with Crippen LogP contribution >= 0.6 is 11.3 Å². The number of fused-ring (bicyclic) bond motifs is 1. The van der Waals surface area contributed by atoms with Crippen LogP contribution in [0.2, 0.25) is 0 Å². The van der Waals surface area contributed by atoms with Crippen LogP contribution in [0.4, 0.5) is 4.39 Å². The maximum atomic E-state index is 14.2. The van der Waals surface area contributed by atoms with Crippen LogP contribution in [-0.2, 0) is 11.2 Å². The Hall–Kier alpha value is -2.27. The maximum absolute atomic E-state index is 14.2. The minimum Gasteiger partial charge on any atom is -0.428 e. The van der Waals surface area contributed by atoms with Crippen LogP contribution in [0.3, 0.4) is 0 Å².